The predicted octanol–water partition coefficient (Wildman–Crippen LogP) is 26.1. The summed E-state index contributed by atoms with van der Waals surface area (Å²) in [6.45, 7) is 23.1. The zero-order valence-electron chi connectivity index (χ0n) is 72.7. The molecule has 2 heterocycles. The summed E-state index contributed by atoms with van der Waals surface area (Å²) in [5.74, 6) is -2.23. The maximum atomic E-state index is 13.4. The van der Waals surface area contributed by atoms with Crippen molar-refractivity contribution in [1.29, 1.82) is 0 Å². The molecule has 23 heteroatoms. The van der Waals surface area contributed by atoms with Gasteiger partial charge < -0.3 is 49.2 Å². The second-order valence-corrected chi connectivity index (χ2v) is 30.6. The molecule has 0 aliphatic heterocycles. The van der Waals surface area contributed by atoms with E-state index in [9.17, 15) is 49.9 Å². The second-order valence-electron chi connectivity index (χ2n) is 29.7. The number of hydrogen-bond acceptors (Lipinski definition) is 12. The summed E-state index contributed by atoms with van der Waals surface area (Å²) in [6, 6.07) is 39.3. The molecule has 6 aromatic carbocycles. The molecule has 0 saturated heterocycles. The highest BCUT2D eigenvalue weighted by Gasteiger charge is 2.24. The average Bonchev–Trinajstić information content (AvgIpc) is 1.78. The lowest BCUT2D eigenvalue weighted by Crippen LogP contribution is -2.15. The molecular formula is C100H112F7N3O12S. The van der Waals surface area contributed by atoms with Crippen molar-refractivity contribution in [2.75, 3.05) is 64.4 Å². The van der Waals surface area contributed by atoms with Gasteiger partial charge in [-0.3, -0.25) is 4.98 Å². The number of alkyl halides is 6. The number of aliphatic carboxylic acids is 4. The van der Waals surface area contributed by atoms with Crippen molar-refractivity contribution in [2.45, 2.75) is 140 Å². The van der Waals surface area contributed by atoms with Gasteiger partial charge in [-0.25, -0.2) is 49.9 Å². The summed E-state index contributed by atoms with van der Waals surface area (Å²) in [7, 11) is 7.75. The number of carboxylic acid groups (broad SMARTS) is 4. The first-order chi connectivity index (χ1) is 58.3. The van der Waals surface area contributed by atoms with E-state index in [1.165, 1.54) is 23.8 Å². The molecule has 0 atom stereocenters. The third-order valence-electron chi connectivity index (χ3n) is 18.4. The average molecular weight is 1710 g/mol. The Balaban J connectivity index is 0.000000292. The number of halogens is 7. The van der Waals surface area contributed by atoms with Crippen LogP contribution in [0.5, 0.6) is 23.0 Å². The third-order valence-corrected chi connectivity index (χ3v) is 19.3. The van der Waals surface area contributed by atoms with Crippen LogP contribution in [0.2, 0.25) is 0 Å². The first-order valence-electron chi connectivity index (χ1n) is 39.9. The van der Waals surface area contributed by atoms with Crippen molar-refractivity contribution in [3.05, 3.63) is 290 Å². The van der Waals surface area contributed by atoms with Gasteiger partial charge in [-0.05, 0) is 241 Å². The highest BCUT2D eigenvalue weighted by molar-refractivity contribution is 7.11. The SMILES string of the molecule is C/C(=C/C=C/C(C)=C/C(=O)O)c1cc(-c2ccc(F)cc2)cc(C(C)C)c1OCC(F)F.C/C(=C/C=C/C(C)=C/C(=O)O)c1cc(-c2ccccc2)cc(N(C)C)c1OCC(F)F.C/C(=C/C=C/C(C)=C/C(=O)O)c1cc(-c2ccccn2)cc(C(C)C)c1OCC(F)F.CCCCOc1c(-c2ccsc2/C=C/C(C)=C/C(=O)O)cc(CC)cc1N(C)C. The number of carbonyl (C=O) groups is 4. The number of benzene rings is 6. The first-order valence-corrected chi connectivity index (χ1v) is 40.8. The zero-order chi connectivity index (χ0) is 91.2. The number of anilines is 2. The fourth-order valence-electron chi connectivity index (χ4n) is 12.2. The number of allylic oxidation sites excluding steroid dienone is 17. The van der Waals surface area contributed by atoms with Crippen LogP contribution in [0.1, 0.15) is 153 Å². The first kappa shape index (κ1) is 101. The molecule has 654 valence electrons. The van der Waals surface area contributed by atoms with Gasteiger partial charge in [0.05, 0.1) is 23.7 Å². The molecule has 0 aliphatic rings. The number of pyridine rings is 1. The van der Waals surface area contributed by atoms with Crippen molar-refractivity contribution in [3.8, 4) is 67.6 Å². The molecule has 15 nitrogen and oxygen atoms in total. The molecule has 8 rings (SSSR count). The van der Waals surface area contributed by atoms with Crippen LogP contribution in [0.4, 0.5) is 42.1 Å². The Morgan fingerprint density at radius 3 is 1.29 bits per heavy atom. The van der Waals surface area contributed by atoms with Gasteiger partial charge in [-0.1, -0.05) is 157 Å². The Morgan fingerprint density at radius 2 is 0.870 bits per heavy atom. The van der Waals surface area contributed by atoms with E-state index in [-0.39, 0.29) is 17.7 Å². The van der Waals surface area contributed by atoms with Gasteiger partial charge in [0.15, 0.2) is 0 Å². The van der Waals surface area contributed by atoms with Crippen LogP contribution < -0.4 is 28.7 Å². The standard InChI is InChI=1S/C26H27F3O3.2C25H27F2NO3.C24H31NO3S/c1-16(2)22-13-20(19-8-10-21(27)11-9-19)14-23(26(22)32-15-24(28)29)18(4)7-5-6-17(3)12-25(30)31;1-16(2)20-13-19(22-10-5-6-11-28-22)14-21(25(20)31-15-23(26)27)18(4)9-7-8-17(3)12-24(29)30;1-17(13-24(29)30)9-8-10-18(2)21-14-20(19-11-6-5-7-12-19)15-22(28(3)4)25(21)31-16-23(26)27;1-6-8-12-28-24-20(15-18(7-2)16-21(24)25(4)5)19-11-13-29-22(19)10-9-17(3)14-23(26)27/h5-14,16,24H,15H2,1-4H3,(H,30,31);5-14,16,23H,15H2,1-4H3,(H,29,30);5-15,23H,16H2,1-4H3,(H,29,30);9-11,13-16H,6-8,12H2,1-5H3,(H,26,27)/b6-5+,17-12+,18-7-;8-7+,17-12+,18-9-;9-8+,17-13+,18-10-;10-9+,17-14+. The van der Waals surface area contributed by atoms with E-state index in [2.05, 4.69) is 47.3 Å². The Bertz CT molecular complexity index is 5040. The number of hydrogen-bond donors (Lipinski definition) is 4. The minimum Gasteiger partial charge on any atom is -0.491 e. The van der Waals surface area contributed by atoms with Crippen molar-refractivity contribution < 1.29 is 89.3 Å². The highest BCUT2D eigenvalue weighted by Crippen LogP contribution is 2.46. The minimum absolute atomic E-state index is 0.00842. The summed E-state index contributed by atoms with van der Waals surface area (Å²) in [5.41, 5.74) is 18.8. The summed E-state index contributed by atoms with van der Waals surface area (Å²) >= 11 is 1.64. The molecule has 0 bridgehead atoms. The molecular weight excluding hydrogens is 1600 g/mol. The summed E-state index contributed by atoms with van der Waals surface area (Å²) in [5, 5.41) is 37.5. The molecule has 0 saturated carbocycles. The van der Waals surface area contributed by atoms with Crippen LogP contribution in [0.15, 0.2) is 246 Å². The van der Waals surface area contributed by atoms with Gasteiger partial charge >= 0.3 is 23.9 Å². The quantitative estimate of drug-likeness (QED) is 0.0124. The molecule has 0 radical (unpaired) electrons. The van der Waals surface area contributed by atoms with E-state index >= 15 is 0 Å². The van der Waals surface area contributed by atoms with E-state index in [0.29, 0.717) is 68.5 Å². The van der Waals surface area contributed by atoms with Crippen LogP contribution in [0.3, 0.4) is 0 Å². The fraction of sp³-hybridized carbons (Fsp3) is 0.290. The van der Waals surface area contributed by atoms with E-state index in [0.717, 1.165) is 126 Å². The van der Waals surface area contributed by atoms with E-state index < -0.39 is 63.0 Å². The van der Waals surface area contributed by atoms with Crippen molar-refractivity contribution >= 4 is 69.4 Å². The van der Waals surface area contributed by atoms with Gasteiger partial charge in [0, 0.05) is 96.9 Å². The number of unbranched alkanes of at least 4 members (excludes halogenated alkanes) is 1. The number of aryl methyl sites for hydroxylation is 1. The van der Waals surface area contributed by atoms with Gasteiger partial charge in [0.2, 0.25) is 0 Å². The van der Waals surface area contributed by atoms with Crippen LogP contribution in [-0.2, 0) is 25.6 Å². The van der Waals surface area contributed by atoms with Crippen molar-refractivity contribution in [2.24, 2.45) is 0 Å². The zero-order valence-corrected chi connectivity index (χ0v) is 73.5. The molecule has 8 aromatic rings. The predicted molar refractivity (Wildman–Crippen MR) is 487 cm³/mol. The number of ether oxygens (including phenoxy) is 4. The summed E-state index contributed by atoms with van der Waals surface area (Å²) < 4.78 is 114. The molecule has 0 aliphatic carbocycles. The number of rotatable bonds is 37. The maximum absolute atomic E-state index is 13.4. The second kappa shape index (κ2) is 51.3. The molecule has 0 unspecified atom stereocenters. The lowest BCUT2D eigenvalue weighted by atomic mass is 9.90. The van der Waals surface area contributed by atoms with Gasteiger partial charge in [0.25, 0.3) is 19.3 Å². The van der Waals surface area contributed by atoms with Crippen molar-refractivity contribution in [3.63, 3.8) is 0 Å². The third kappa shape index (κ3) is 34.1. The van der Waals surface area contributed by atoms with Gasteiger partial charge in [-0.2, -0.15) is 0 Å². The summed E-state index contributed by atoms with van der Waals surface area (Å²) in [6.07, 6.45) is 20.8. The molecule has 2 aromatic heterocycles. The van der Waals surface area contributed by atoms with Crippen LogP contribution in [0.25, 0.3) is 67.4 Å². The van der Waals surface area contributed by atoms with Crippen LogP contribution in [-0.4, -0.2) is 123 Å². The van der Waals surface area contributed by atoms with Gasteiger partial charge in [0.1, 0.15) is 48.6 Å². The molecule has 0 spiro atoms. The number of aromatic nitrogens is 1. The van der Waals surface area contributed by atoms with Crippen LogP contribution in [0, 0.1) is 5.82 Å². The Morgan fingerprint density at radius 1 is 0.455 bits per heavy atom. The molecule has 0 amide bonds. The normalized spacial score (nSPS) is 12.5. The van der Waals surface area contributed by atoms with E-state index in [1.54, 1.807) is 112 Å². The lowest BCUT2D eigenvalue weighted by molar-refractivity contribution is -0.132. The Hall–Kier alpha value is -12.5. The lowest BCUT2D eigenvalue weighted by Gasteiger charge is -2.23. The summed E-state index contributed by atoms with van der Waals surface area (Å²) in [4.78, 5) is 52.6. The fourth-order valence-corrected chi connectivity index (χ4v) is 13.0. The number of carboxylic acids is 4. The highest BCUT2D eigenvalue weighted by atomic mass is 32.1. The minimum atomic E-state index is -2.62. The number of nitrogens with zero attached hydrogens (tertiary/aromatic N) is 3. The van der Waals surface area contributed by atoms with Crippen LogP contribution >= 0.6 is 11.3 Å². The van der Waals surface area contributed by atoms with E-state index in [4.69, 9.17) is 39.4 Å². The van der Waals surface area contributed by atoms with Crippen molar-refractivity contribution in [1.82, 2.24) is 4.98 Å². The topological polar surface area (TPSA) is 205 Å². The number of thiophene rings is 1. The van der Waals surface area contributed by atoms with Gasteiger partial charge in [-0.15, -0.1) is 11.3 Å². The molecule has 0 fully saturated rings. The van der Waals surface area contributed by atoms with E-state index in [1.807, 2.05) is 179 Å². The smallest absolute Gasteiger partial charge is 0.328 e. The molecule has 4 N–H and O–H groups in total. The Kier molecular flexibility index (Phi) is 42.2. The largest absolute Gasteiger partial charge is 0.491 e. The monoisotopic (exact) mass is 1710 g/mol. The maximum Gasteiger partial charge on any atom is 0.328 e. The Labute approximate surface area is 722 Å². The molecule has 123 heavy (non-hydrogen) atoms.